The van der Waals surface area contributed by atoms with Crippen LogP contribution in [0.3, 0.4) is 0 Å². The molecule has 0 N–H and O–H groups in total. The Morgan fingerprint density at radius 2 is 1.61 bits per heavy atom. The van der Waals surface area contributed by atoms with E-state index in [9.17, 15) is 8.42 Å². The third-order valence-electron chi connectivity index (χ3n) is 6.18. The Morgan fingerprint density at radius 3 is 2.19 bits per heavy atom. The molecule has 0 aliphatic carbocycles. The van der Waals surface area contributed by atoms with E-state index >= 15 is 0 Å². The molecule has 0 atom stereocenters. The van der Waals surface area contributed by atoms with Crippen LogP contribution in [-0.2, 0) is 16.3 Å². The number of rotatable bonds is 7. The van der Waals surface area contributed by atoms with E-state index in [1.54, 1.807) is 23.5 Å². The molecule has 6 heteroatoms. The van der Waals surface area contributed by atoms with Gasteiger partial charge in [0, 0.05) is 26.3 Å². The number of hydrogen-bond acceptors (Lipinski definition) is 5. The fraction of sp³-hybridized carbons (Fsp3) is 0.360. The number of piperidine rings is 1. The first-order valence-electron chi connectivity index (χ1n) is 10.8. The van der Waals surface area contributed by atoms with Crippen LogP contribution in [0.5, 0.6) is 0 Å². The van der Waals surface area contributed by atoms with Gasteiger partial charge < -0.3 is 9.80 Å². The smallest absolute Gasteiger partial charge is 0.181 e. The molecule has 2 aromatic carbocycles. The minimum atomic E-state index is -3.28. The van der Waals surface area contributed by atoms with Gasteiger partial charge >= 0.3 is 0 Å². The molecule has 0 bridgehead atoms. The average molecular weight is 455 g/mol. The highest BCUT2D eigenvalue weighted by Gasteiger charge is 2.31. The molecule has 2 heterocycles. The lowest BCUT2D eigenvalue weighted by atomic mass is 10.1. The molecule has 0 amide bonds. The van der Waals surface area contributed by atoms with Crippen LogP contribution in [0.4, 0.5) is 5.69 Å². The van der Waals surface area contributed by atoms with E-state index in [-0.39, 0.29) is 5.25 Å². The molecule has 31 heavy (non-hydrogen) atoms. The number of hydrogen-bond donors (Lipinski definition) is 0. The fourth-order valence-electron chi connectivity index (χ4n) is 4.15. The second-order valence-electron chi connectivity index (χ2n) is 8.43. The van der Waals surface area contributed by atoms with Crippen molar-refractivity contribution in [2.75, 3.05) is 38.6 Å². The lowest BCUT2D eigenvalue weighted by Crippen LogP contribution is -2.40. The van der Waals surface area contributed by atoms with Crippen LogP contribution in [-0.4, -0.2) is 52.3 Å². The molecular weight excluding hydrogens is 424 g/mol. The summed E-state index contributed by atoms with van der Waals surface area (Å²) in [5.74, 6) is 0. The van der Waals surface area contributed by atoms with Crippen LogP contribution in [0, 0.1) is 0 Å². The summed E-state index contributed by atoms with van der Waals surface area (Å²) in [6.07, 6.45) is 2.40. The Bertz CT molecular complexity index is 1070. The van der Waals surface area contributed by atoms with Crippen LogP contribution in [0.25, 0.3) is 11.1 Å². The van der Waals surface area contributed by atoms with E-state index < -0.39 is 9.84 Å². The third kappa shape index (κ3) is 5.20. The number of benzene rings is 2. The third-order valence-corrected chi connectivity index (χ3v) is 9.14. The van der Waals surface area contributed by atoms with Crippen LogP contribution >= 0.6 is 11.3 Å². The molecule has 1 aromatic heterocycles. The van der Waals surface area contributed by atoms with Crippen LogP contribution in [0.2, 0.25) is 0 Å². The molecule has 0 spiro atoms. The highest BCUT2D eigenvalue weighted by atomic mass is 32.2. The maximum Gasteiger partial charge on any atom is 0.181 e. The lowest BCUT2D eigenvalue weighted by Gasteiger charge is -2.31. The summed E-state index contributed by atoms with van der Waals surface area (Å²) in [4.78, 5) is 4.95. The zero-order chi connectivity index (χ0) is 21.8. The predicted molar refractivity (Wildman–Crippen MR) is 131 cm³/mol. The maximum absolute atomic E-state index is 13.1. The lowest BCUT2D eigenvalue weighted by molar-refractivity contribution is 0.232. The van der Waals surface area contributed by atoms with Crippen molar-refractivity contribution in [1.82, 2.24) is 4.90 Å². The quantitative estimate of drug-likeness (QED) is 0.506. The van der Waals surface area contributed by atoms with E-state index in [1.165, 1.54) is 11.3 Å². The maximum atomic E-state index is 13.1. The van der Waals surface area contributed by atoms with Gasteiger partial charge in [-0.15, -0.1) is 0 Å². The van der Waals surface area contributed by atoms with Gasteiger partial charge in [-0.3, -0.25) is 0 Å². The van der Waals surface area contributed by atoms with Gasteiger partial charge in [0.1, 0.15) is 0 Å². The molecule has 164 valence electrons. The molecule has 3 aromatic rings. The van der Waals surface area contributed by atoms with E-state index in [1.807, 2.05) is 31.6 Å². The van der Waals surface area contributed by atoms with Crippen LogP contribution < -0.4 is 4.90 Å². The molecule has 4 rings (SSSR count). The molecular formula is C25H30N2O2S2. The van der Waals surface area contributed by atoms with E-state index in [4.69, 9.17) is 0 Å². The van der Waals surface area contributed by atoms with Crippen molar-refractivity contribution >= 4 is 26.9 Å². The number of nitrogens with zero attached hydrogens (tertiary/aromatic N) is 2. The van der Waals surface area contributed by atoms with Crippen molar-refractivity contribution in [3.63, 3.8) is 0 Å². The standard InChI is InChI=1S/C25H30N2O2S2/c1-26(2)23-7-3-20(4-8-23)11-15-27-16-12-25(13-17-27)31(28,29)24-9-5-21(6-10-24)22-14-18-30-19-22/h3-10,14,18-19,25H,11-13,15-17H2,1-2H3. The summed E-state index contributed by atoms with van der Waals surface area (Å²) in [5, 5.41) is 3.83. The van der Waals surface area contributed by atoms with Gasteiger partial charge in [0.2, 0.25) is 0 Å². The van der Waals surface area contributed by atoms with Gasteiger partial charge in [0.15, 0.2) is 9.84 Å². The van der Waals surface area contributed by atoms with E-state index in [0.29, 0.717) is 17.7 Å². The van der Waals surface area contributed by atoms with Gasteiger partial charge in [-0.05, 0) is 90.1 Å². The van der Waals surface area contributed by atoms with E-state index in [2.05, 4.69) is 45.5 Å². The van der Waals surface area contributed by atoms with Gasteiger partial charge in [-0.1, -0.05) is 24.3 Å². The minimum Gasteiger partial charge on any atom is -0.378 e. The zero-order valence-electron chi connectivity index (χ0n) is 18.2. The Morgan fingerprint density at radius 1 is 0.935 bits per heavy atom. The number of likely N-dealkylation sites (tertiary alicyclic amines) is 1. The summed E-state index contributed by atoms with van der Waals surface area (Å²) < 4.78 is 26.3. The Kier molecular flexibility index (Phi) is 6.80. The molecule has 0 unspecified atom stereocenters. The highest BCUT2D eigenvalue weighted by Crippen LogP contribution is 2.28. The summed E-state index contributed by atoms with van der Waals surface area (Å²) >= 11 is 1.65. The Hall–Kier alpha value is -2.15. The van der Waals surface area contributed by atoms with Crippen molar-refractivity contribution in [2.45, 2.75) is 29.4 Å². The van der Waals surface area contributed by atoms with Crippen molar-refractivity contribution in [3.05, 3.63) is 70.9 Å². The molecule has 1 saturated heterocycles. The van der Waals surface area contributed by atoms with E-state index in [0.717, 1.165) is 37.2 Å². The summed E-state index contributed by atoms with van der Waals surface area (Å²) in [7, 11) is 0.814. The fourth-order valence-corrected chi connectivity index (χ4v) is 6.55. The summed E-state index contributed by atoms with van der Waals surface area (Å²) in [6.45, 7) is 2.66. The van der Waals surface area contributed by atoms with Crippen LogP contribution in [0.15, 0.2) is 70.3 Å². The van der Waals surface area contributed by atoms with Gasteiger partial charge in [0.25, 0.3) is 0 Å². The molecule has 0 radical (unpaired) electrons. The van der Waals surface area contributed by atoms with Crippen molar-refractivity contribution < 1.29 is 8.42 Å². The number of thiophene rings is 1. The SMILES string of the molecule is CN(C)c1ccc(CCN2CCC(S(=O)(=O)c3ccc(-c4ccsc4)cc3)CC2)cc1. The highest BCUT2D eigenvalue weighted by molar-refractivity contribution is 7.92. The predicted octanol–water partition coefficient (Wildman–Crippen LogP) is 4.96. The second-order valence-corrected chi connectivity index (χ2v) is 11.4. The molecule has 1 aliphatic rings. The minimum absolute atomic E-state index is 0.282. The number of sulfone groups is 1. The second kappa shape index (κ2) is 9.55. The Labute approximate surface area is 190 Å². The first-order chi connectivity index (χ1) is 14.9. The average Bonchev–Trinajstić information content (AvgIpc) is 3.33. The van der Waals surface area contributed by atoms with Crippen LogP contribution in [0.1, 0.15) is 18.4 Å². The first-order valence-corrected chi connectivity index (χ1v) is 13.3. The van der Waals surface area contributed by atoms with Crippen molar-refractivity contribution in [1.29, 1.82) is 0 Å². The topological polar surface area (TPSA) is 40.6 Å². The molecule has 0 saturated carbocycles. The van der Waals surface area contributed by atoms with Crippen molar-refractivity contribution in [2.24, 2.45) is 0 Å². The number of anilines is 1. The molecule has 4 nitrogen and oxygen atoms in total. The van der Waals surface area contributed by atoms with Gasteiger partial charge in [0.05, 0.1) is 10.1 Å². The van der Waals surface area contributed by atoms with Crippen molar-refractivity contribution in [3.8, 4) is 11.1 Å². The first kappa shape index (κ1) is 22.1. The van der Waals surface area contributed by atoms with Gasteiger partial charge in [-0.2, -0.15) is 11.3 Å². The monoisotopic (exact) mass is 454 g/mol. The Balaban J connectivity index is 1.31. The molecule has 1 aliphatic heterocycles. The summed E-state index contributed by atoms with van der Waals surface area (Å²) in [6, 6.07) is 18.1. The summed E-state index contributed by atoms with van der Waals surface area (Å²) in [5.41, 5.74) is 4.73. The largest absolute Gasteiger partial charge is 0.378 e. The zero-order valence-corrected chi connectivity index (χ0v) is 19.8. The molecule has 1 fully saturated rings. The normalized spacial score (nSPS) is 15.8. The van der Waals surface area contributed by atoms with Gasteiger partial charge in [-0.25, -0.2) is 8.42 Å².